The van der Waals surface area contributed by atoms with E-state index in [0.29, 0.717) is 0 Å². The minimum absolute atomic E-state index is 0. The Hall–Kier alpha value is -5.57. The number of rotatable bonds is 5. The number of fused-ring (bicyclic) bond motifs is 4. The monoisotopic (exact) mass is 795 g/mol. The zero-order chi connectivity index (χ0) is 31.3. The molecule has 0 saturated heterocycles. The Bertz CT molecular complexity index is 2580. The molecule has 0 atom stereocenters. The number of imidazole rings is 1. The molecule has 0 unspecified atom stereocenters. The Morgan fingerprint density at radius 3 is 2.06 bits per heavy atom. The molecule has 4 nitrogen and oxygen atoms in total. The first kappa shape index (κ1) is 29.8. The van der Waals surface area contributed by atoms with Gasteiger partial charge in [-0.05, 0) is 68.8 Å². The maximum atomic E-state index is 4.96. The molecule has 0 bridgehead atoms. The van der Waals surface area contributed by atoms with Crippen LogP contribution in [-0.4, -0.2) is 19.1 Å². The Labute approximate surface area is 293 Å². The molecule has 0 aliphatic rings. The maximum Gasteiger partial charge on any atom is 2.00 e. The zero-order valence-electron chi connectivity index (χ0n) is 26.0. The van der Waals surface area contributed by atoms with E-state index in [1.807, 2.05) is 24.4 Å². The Morgan fingerprint density at radius 1 is 0.542 bits per heavy atom. The van der Waals surface area contributed by atoms with Gasteiger partial charge in [-0.1, -0.05) is 96.4 Å². The topological polar surface area (TPSA) is 35.6 Å². The van der Waals surface area contributed by atoms with Gasteiger partial charge in [0, 0.05) is 18.8 Å². The summed E-state index contributed by atoms with van der Waals surface area (Å²) in [5.74, 6) is 0.889. The number of aromatic nitrogens is 4. The predicted molar refractivity (Wildman–Crippen MR) is 192 cm³/mol. The van der Waals surface area contributed by atoms with E-state index < -0.39 is 0 Å². The van der Waals surface area contributed by atoms with Crippen LogP contribution in [0.2, 0.25) is 0 Å². The summed E-state index contributed by atoms with van der Waals surface area (Å²) in [4.78, 5) is 9.73. The molecular weight excluding hydrogens is 768 g/mol. The third-order valence-corrected chi connectivity index (χ3v) is 8.99. The average Bonchev–Trinajstić information content (AvgIpc) is 3.66. The van der Waals surface area contributed by atoms with Crippen molar-refractivity contribution in [1.82, 2.24) is 19.1 Å². The van der Waals surface area contributed by atoms with Crippen LogP contribution >= 0.6 is 0 Å². The summed E-state index contributed by atoms with van der Waals surface area (Å²) in [6.45, 7) is 0. The summed E-state index contributed by atoms with van der Waals surface area (Å²) < 4.78 is 4.40. The number of hydrogen-bond donors (Lipinski definition) is 0. The van der Waals surface area contributed by atoms with Crippen LogP contribution in [0.3, 0.4) is 0 Å². The summed E-state index contributed by atoms with van der Waals surface area (Å²) in [5.41, 5.74) is 12.5. The molecule has 5 heteroatoms. The van der Waals surface area contributed by atoms with Crippen LogP contribution in [0.1, 0.15) is 0 Å². The first-order valence-corrected chi connectivity index (χ1v) is 15.7. The van der Waals surface area contributed by atoms with E-state index in [0.717, 1.165) is 66.9 Å². The first-order valence-electron chi connectivity index (χ1n) is 15.7. The van der Waals surface area contributed by atoms with Gasteiger partial charge in [0.25, 0.3) is 0 Å². The largest absolute Gasteiger partial charge is 2.00 e. The van der Waals surface area contributed by atoms with Crippen molar-refractivity contribution in [3.8, 4) is 50.6 Å². The SMILES string of the molecule is Cn1c(-c2[c-]c3c(cc2)c2ccccc2n3-c2[c-]c(-c3cc(-c4ccc(-c5ccccc5)cc4)ccn3)ccc2)nc2ccccc21.[Pt+2]. The number of benzene rings is 6. The summed E-state index contributed by atoms with van der Waals surface area (Å²) in [6, 6.07) is 58.2. The van der Waals surface area contributed by atoms with Gasteiger partial charge in [-0.15, -0.1) is 53.6 Å². The van der Waals surface area contributed by atoms with Crippen LogP contribution in [0.25, 0.3) is 83.4 Å². The van der Waals surface area contributed by atoms with Gasteiger partial charge in [-0.25, -0.2) is 0 Å². The van der Waals surface area contributed by atoms with Gasteiger partial charge < -0.3 is 14.1 Å². The molecule has 3 aromatic heterocycles. The molecule has 0 N–H and O–H groups in total. The molecule has 9 aromatic rings. The van der Waals surface area contributed by atoms with Crippen LogP contribution in [0.5, 0.6) is 0 Å². The van der Waals surface area contributed by atoms with E-state index in [1.165, 1.54) is 16.5 Å². The molecule has 0 spiro atoms. The molecule has 48 heavy (non-hydrogen) atoms. The summed E-state index contributed by atoms with van der Waals surface area (Å²) >= 11 is 0. The number of aryl methyl sites for hydroxylation is 1. The predicted octanol–water partition coefficient (Wildman–Crippen LogP) is 10.3. The van der Waals surface area contributed by atoms with Crippen LogP contribution in [0.4, 0.5) is 0 Å². The molecule has 0 aliphatic heterocycles. The van der Waals surface area contributed by atoms with Crippen molar-refractivity contribution >= 4 is 32.8 Å². The molecule has 9 rings (SSSR count). The second-order valence-electron chi connectivity index (χ2n) is 11.8. The third kappa shape index (κ3) is 5.06. The number of para-hydroxylation sites is 3. The molecule has 0 fully saturated rings. The summed E-state index contributed by atoms with van der Waals surface area (Å²) in [7, 11) is 2.06. The van der Waals surface area contributed by atoms with E-state index in [4.69, 9.17) is 9.97 Å². The minimum Gasteiger partial charge on any atom is -0.367 e. The fourth-order valence-corrected chi connectivity index (χ4v) is 6.64. The summed E-state index contributed by atoms with van der Waals surface area (Å²) in [6.07, 6.45) is 1.88. The molecule has 6 aromatic carbocycles. The average molecular weight is 796 g/mol. The van der Waals surface area contributed by atoms with Crippen molar-refractivity contribution in [3.63, 3.8) is 0 Å². The molecular formula is C43H28N4Pt. The Morgan fingerprint density at radius 2 is 1.25 bits per heavy atom. The van der Waals surface area contributed by atoms with Crippen molar-refractivity contribution in [3.05, 3.63) is 164 Å². The molecule has 3 heterocycles. The standard InChI is InChI=1S/C43H28N4.Pt/c1-46-41-17-8-6-15-38(41)45-43(46)34-22-23-37-36-14-5-7-16-40(36)47(42(37)28-34)35-13-9-12-33(26-35)39-27-32(24-25-44-39)31-20-18-30(19-21-31)29-10-3-2-4-11-29;/h2-25,27H,1H3;/q-2;+2. The van der Waals surface area contributed by atoms with Gasteiger partial charge in [-0.2, -0.15) is 0 Å². The fourth-order valence-electron chi connectivity index (χ4n) is 6.64. The van der Waals surface area contributed by atoms with E-state index in [1.54, 1.807) is 0 Å². The number of pyridine rings is 1. The fraction of sp³-hybridized carbons (Fsp3) is 0.0233. The third-order valence-electron chi connectivity index (χ3n) is 8.99. The van der Waals surface area contributed by atoms with Crippen molar-refractivity contribution in [2.75, 3.05) is 0 Å². The van der Waals surface area contributed by atoms with E-state index >= 15 is 0 Å². The quantitative estimate of drug-likeness (QED) is 0.163. The van der Waals surface area contributed by atoms with Crippen LogP contribution in [0, 0.1) is 12.1 Å². The number of nitrogens with zero attached hydrogens (tertiary/aromatic N) is 4. The van der Waals surface area contributed by atoms with E-state index in [9.17, 15) is 0 Å². The second kappa shape index (κ2) is 12.2. The van der Waals surface area contributed by atoms with Crippen LogP contribution in [-0.2, 0) is 28.1 Å². The second-order valence-corrected chi connectivity index (χ2v) is 11.8. The minimum atomic E-state index is 0. The van der Waals surface area contributed by atoms with Crippen LogP contribution < -0.4 is 0 Å². The zero-order valence-corrected chi connectivity index (χ0v) is 28.3. The first-order chi connectivity index (χ1) is 23.2. The number of hydrogen-bond acceptors (Lipinski definition) is 2. The van der Waals surface area contributed by atoms with Crippen molar-refractivity contribution in [2.24, 2.45) is 7.05 Å². The Balaban J connectivity index is 0.00000336. The summed E-state index contributed by atoms with van der Waals surface area (Å²) in [5, 5.41) is 2.31. The molecule has 230 valence electrons. The van der Waals surface area contributed by atoms with Gasteiger partial charge in [0.2, 0.25) is 0 Å². The maximum absolute atomic E-state index is 4.96. The molecule has 0 aliphatic carbocycles. The Kier molecular flexibility index (Phi) is 7.59. The smallest absolute Gasteiger partial charge is 0.367 e. The van der Waals surface area contributed by atoms with Crippen molar-refractivity contribution < 1.29 is 21.1 Å². The van der Waals surface area contributed by atoms with Gasteiger partial charge >= 0.3 is 21.1 Å². The molecule has 0 amide bonds. The van der Waals surface area contributed by atoms with Gasteiger partial charge in [0.05, 0.1) is 16.9 Å². The van der Waals surface area contributed by atoms with Crippen molar-refractivity contribution in [1.29, 1.82) is 0 Å². The normalized spacial score (nSPS) is 11.3. The molecule has 0 radical (unpaired) electrons. The van der Waals surface area contributed by atoms with Gasteiger partial charge in [0.15, 0.2) is 0 Å². The van der Waals surface area contributed by atoms with Crippen LogP contribution in [0.15, 0.2) is 152 Å². The van der Waals surface area contributed by atoms with E-state index in [2.05, 4.69) is 156 Å². The molecule has 0 saturated carbocycles. The van der Waals surface area contributed by atoms with E-state index in [-0.39, 0.29) is 21.1 Å². The van der Waals surface area contributed by atoms with Gasteiger partial charge in [0.1, 0.15) is 0 Å². The van der Waals surface area contributed by atoms with Crippen molar-refractivity contribution in [2.45, 2.75) is 0 Å². The van der Waals surface area contributed by atoms with Gasteiger partial charge in [-0.3, -0.25) is 4.98 Å².